The topological polar surface area (TPSA) is 26.8 Å². The highest BCUT2D eigenvalue weighted by Crippen LogP contribution is 2.24. The SMILES string of the molecule is CCN1CCC(CN2CCC(C(=O)N(CC)Cc3ccccc3)CC2)C1. The first kappa shape index (κ1) is 19.4. The minimum atomic E-state index is 0.214. The van der Waals surface area contributed by atoms with Gasteiger partial charge in [-0.05, 0) is 63.8 Å². The van der Waals surface area contributed by atoms with Crippen LogP contribution in [0.3, 0.4) is 0 Å². The molecule has 4 nitrogen and oxygen atoms in total. The third kappa shape index (κ3) is 5.08. The first-order valence-corrected chi connectivity index (χ1v) is 10.5. The Hall–Kier alpha value is -1.39. The first-order valence-electron chi connectivity index (χ1n) is 10.5. The van der Waals surface area contributed by atoms with Gasteiger partial charge in [-0.1, -0.05) is 37.3 Å². The van der Waals surface area contributed by atoms with Crippen molar-refractivity contribution >= 4 is 5.91 Å². The third-order valence-corrected chi connectivity index (χ3v) is 6.18. The van der Waals surface area contributed by atoms with Gasteiger partial charge in [0.05, 0.1) is 0 Å². The second-order valence-corrected chi connectivity index (χ2v) is 7.96. The normalized spacial score (nSPS) is 22.6. The maximum Gasteiger partial charge on any atom is 0.226 e. The highest BCUT2D eigenvalue weighted by molar-refractivity contribution is 5.79. The lowest BCUT2D eigenvalue weighted by Crippen LogP contribution is -2.43. The van der Waals surface area contributed by atoms with E-state index in [-0.39, 0.29) is 5.92 Å². The number of hydrogen-bond acceptors (Lipinski definition) is 3. The summed E-state index contributed by atoms with van der Waals surface area (Å²) in [6, 6.07) is 10.4. The summed E-state index contributed by atoms with van der Waals surface area (Å²) < 4.78 is 0. The van der Waals surface area contributed by atoms with Crippen LogP contribution in [0.1, 0.15) is 38.7 Å². The molecule has 0 spiro atoms. The van der Waals surface area contributed by atoms with Crippen molar-refractivity contribution in [3.8, 4) is 0 Å². The lowest BCUT2D eigenvalue weighted by Gasteiger charge is -2.35. The van der Waals surface area contributed by atoms with E-state index in [2.05, 4.69) is 47.9 Å². The Bertz CT molecular complexity index is 554. The Balaban J connectivity index is 1.45. The fourth-order valence-electron chi connectivity index (χ4n) is 4.48. The molecule has 1 amide bonds. The lowest BCUT2D eigenvalue weighted by atomic mass is 9.94. The molecule has 2 saturated heterocycles. The fourth-order valence-corrected chi connectivity index (χ4v) is 4.48. The number of amides is 1. The first-order chi connectivity index (χ1) is 12.7. The van der Waals surface area contributed by atoms with Crippen molar-refractivity contribution in [2.45, 2.75) is 39.7 Å². The predicted molar refractivity (Wildman–Crippen MR) is 107 cm³/mol. The van der Waals surface area contributed by atoms with E-state index in [1.807, 2.05) is 11.0 Å². The summed E-state index contributed by atoms with van der Waals surface area (Å²) in [5.74, 6) is 1.40. The van der Waals surface area contributed by atoms with E-state index in [9.17, 15) is 4.79 Å². The van der Waals surface area contributed by atoms with Crippen LogP contribution in [0.25, 0.3) is 0 Å². The average Bonchev–Trinajstić information content (AvgIpc) is 3.14. The van der Waals surface area contributed by atoms with E-state index in [1.165, 1.54) is 38.2 Å². The van der Waals surface area contributed by atoms with Crippen molar-refractivity contribution in [3.63, 3.8) is 0 Å². The van der Waals surface area contributed by atoms with Crippen molar-refractivity contribution in [3.05, 3.63) is 35.9 Å². The van der Waals surface area contributed by atoms with Gasteiger partial charge in [0, 0.05) is 32.1 Å². The van der Waals surface area contributed by atoms with Crippen LogP contribution < -0.4 is 0 Å². The highest BCUT2D eigenvalue weighted by atomic mass is 16.2. The second-order valence-electron chi connectivity index (χ2n) is 7.96. The van der Waals surface area contributed by atoms with Gasteiger partial charge < -0.3 is 14.7 Å². The molecule has 0 bridgehead atoms. The van der Waals surface area contributed by atoms with Gasteiger partial charge in [-0.2, -0.15) is 0 Å². The molecule has 3 rings (SSSR count). The van der Waals surface area contributed by atoms with Crippen LogP contribution in [0.15, 0.2) is 30.3 Å². The van der Waals surface area contributed by atoms with Gasteiger partial charge in [0.25, 0.3) is 0 Å². The molecule has 26 heavy (non-hydrogen) atoms. The number of carbonyl (C=O) groups excluding carboxylic acids is 1. The highest BCUT2D eigenvalue weighted by Gasteiger charge is 2.30. The van der Waals surface area contributed by atoms with Crippen LogP contribution in [-0.2, 0) is 11.3 Å². The predicted octanol–water partition coefficient (Wildman–Crippen LogP) is 3.09. The number of likely N-dealkylation sites (tertiary alicyclic amines) is 2. The average molecular weight is 358 g/mol. The van der Waals surface area contributed by atoms with E-state index in [0.29, 0.717) is 5.91 Å². The monoisotopic (exact) mass is 357 g/mol. The van der Waals surface area contributed by atoms with Gasteiger partial charge >= 0.3 is 0 Å². The molecule has 144 valence electrons. The summed E-state index contributed by atoms with van der Waals surface area (Å²) in [5.41, 5.74) is 1.22. The molecule has 2 fully saturated rings. The van der Waals surface area contributed by atoms with Crippen molar-refractivity contribution in [1.29, 1.82) is 0 Å². The van der Waals surface area contributed by atoms with Gasteiger partial charge in [0.1, 0.15) is 0 Å². The molecule has 0 radical (unpaired) electrons. The number of rotatable bonds is 7. The maximum absolute atomic E-state index is 13.0. The van der Waals surface area contributed by atoms with Crippen LogP contribution in [-0.4, -0.2) is 66.4 Å². The van der Waals surface area contributed by atoms with Gasteiger partial charge in [-0.3, -0.25) is 4.79 Å². The van der Waals surface area contributed by atoms with E-state index < -0.39 is 0 Å². The van der Waals surface area contributed by atoms with Crippen LogP contribution in [0.2, 0.25) is 0 Å². The number of benzene rings is 1. The molecule has 2 aliphatic rings. The molecular formula is C22H35N3O. The third-order valence-electron chi connectivity index (χ3n) is 6.18. The van der Waals surface area contributed by atoms with Crippen molar-refractivity contribution in [2.24, 2.45) is 11.8 Å². The van der Waals surface area contributed by atoms with Crippen LogP contribution >= 0.6 is 0 Å². The van der Waals surface area contributed by atoms with Crippen LogP contribution in [0, 0.1) is 11.8 Å². The van der Waals surface area contributed by atoms with E-state index >= 15 is 0 Å². The zero-order valence-corrected chi connectivity index (χ0v) is 16.6. The molecule has 1 atom stereocenters. The standard InChI is InChI=1S/C22H35N3O/c1-3-23-13-10-20(16-23)17-24-14-11-21(12-15-24)22(26)25(4-2)18-19-8-6-5-7-9-19/h5-9,20-21H,3-4,10-18H2,1-2H3. The molecule has 2 heterocycles. The van der Waals surface area contributed by atoms with E-state index in [1.54, 1.807) is 0 Å². The molecule has 2 aliphatic heterocycles. The summed E-state index contributed by atoms with van der Waals surface area (Å²) in [4.78, 5) is 20.2. The Morgan fingerprint density at radius 3 is 2.35 bits per heavy atom. The molecule has 4 heteroatoms. The van der Waals surface area contributed by atoms with Gasteiger partial charge in [-0.25, -0.2) is 0 Å². The summed E-state index contributed by atoms with van der Waals surface area (Å²) in [5, 5.41) is 0. The van der Waals surface area contributed by atoms with E-state index in [0.717, 1.165) is 44.9 Å². The molecule has 0 aromatic heterocycles. The van der Waals surface area contributed by atoms with Gasteiger partial charge in [-0.15, -0.1) is 0 Å². The quantitative estimate of drug-likeness (QED) is 0.750. The molecular weight excluding hydrogens is 322 g/mol. The molecule has 1 aromatic carbocycles. The largest absolute Gasteiger partial charge is 0.338 e. The van der Waals surface area contributed by atoms with E-state index in [4.69, 9.17) is 0 Å². The zero-order chi connectivity index (χ0) is 18.4. The minimum Gasteiger partial charge on any atom is -0.338 e. The summed E-state index contributed by atoms with van der Waals surface area (Å²) in [6.07, 6.45) is 3.38. The molecule has 1 aromatic rings. The van der Waals surface area contributed by atoms with Crippen LogP contribution in [0.4, 0.5) is 0 Å². The fraction of sp³-hybridized carbons (Fsp3) is 0.682. The maximum atomic E-state index is 13.0. The Morgan fingerprint density at radius 2 is 1.73 bits per heavy atom. The lowest BCUT2D eigenvalue weighted by molar-refractivity contribution is -0.137. The van der Waals surface area contributed by atoms with Crippen molar-refractivity contribution < 1.29 is 4.79 Å². The molecule has 0 N–H and O–H groups in total. The Labute approximate surface area is 159 Å². The summed E-state index contributed by atoms with van der Waals surface area (Å²) in [6.45, 7) is 13.0. The van der Waals surface area contributed by atoms with Crippen LogP contribution in [0.5, 0.6) is 0 Å². The smallest absolute Gasteiger partial charge is 0.226 e. The van der Waals surface area contributed by atoms with Gasteiger partial charge in [0.15, 0.2) is 0 Å². The molecule has 0 aliphatic carbocycles. The zero-order valence-electron chi connectivity index (χ0n) is 16.6. The second kappa shape index (κ2) is 9.52. The number of nitrogens with zero attached hydrogens (tertiary/aromatic N) is 3. The number of carbonyl (C=O) groups is 1. The van der Waals surface area contributed by atoms with Crippen molar-refractivity contribution in [2.75, 3.05) is 45.8 Å². The minimum absolute atomic E-state index is 0.214. The summed E-state index contributed by atoms with van der Waals surface area (Å²) >= 11 is 0. The van der Waals surface area contributed by atoms with Crippen molar-refractivity contribution in [1.82, 2.24) is 14.7 Å². The van der Waals surface area contributed by atoms with Gasteiger partial charge in [0.2, 0.25) is 5.91 Å². The molecule has 0 saturated carbocycles. The molecule has 1 unspecified atom stereocenters. The number of piperidine rings is 1. The Kier molecular flexibility index (Phi) is 7.09. The number of hydrogen-bond donors (Lipinski definition) is 0. The summed E-state index contributed by atoms with van der Waals surface area (Å²) in [7, 11) is 0. The Morgan fingerprint density at radius 1 is 1.04 bits per heavy atom.